The second kappa shape index (κ2) is 6.56. The van der Waals surface area contributed by atoms with Crippen LogP contribution < -0.4 is 5.32 Å². The normalized spacial score (nSPS) is 15.1. The van der Waals surface area contributed by atoms with E-state index in [4.69, 9.17) is 4.74 Å². The van der Waals surface area contributed by atoms with Gasteiger partial charge in [-0.25, -0.2) is 4.79 Å². The molecule has 1 rings (SSSR count). The quantitative estimate of drug-likeness (QED) is 0.894. The third-order valence-electron chi connectivity index (χ3n) is 2.80. The number of carbonyl (C=O) groups is 1. The van der Waals surface area contributed by atoms with Gasteiger partial charge in [-0.15, -0.1) is 0 Å². The first-order chi connectivity index (χ1) is 9.90. The lowest BCUT2D eigenvalue weighted by atomic mass is 10.0. The third-order valence-corrected chi connectivity index (χ3v) is 2.80. The fourth-order valence-corrected chi connectivity index (χ4v) is 1.73. The van der Waals surface area contributed by atoms with Crippen LogP contribution in [0.3, 0.4) is 0 Å². The first-order valence-electron chi connectivity index (χ1n) is 6.75. The van der Waals surface area contributed by atoms with Crippen molar-refractivity contribution in [2.24, 2.45) is 0 Å². The molecular formula is C15H20F3NO3. The minimum Gasteiger partial charge on any atom is -0.444 e. The molecule has 1 aromatic rings. The minimum atomic E-state index is -4.43. The van der Waals surface area contributed by atoms with Gasteiger partial charge in [0.05, 0.1) is 17.7 Å². The number of amides is 1. The smallest absolute Gasteiger partial charge is 0.416 e. The van der Waals surface area contributed by atoms with E-state index in [1.54, 1.807) is 20.8 Å². The van der Waals surface area contributed by atoms with Crippen molar-refractivity contribution in [3.8, 4) is 0 Å². The van der Waals surface area contributed by atoms with Crippen LogP contribution >= 0.6 is 0 Å². The summed E-state index contributed by atoms with van der Waals surface area (Å²) in [5.74, 6) is 0. The second-order valence-corrected chi connectivity index (χ2v) is 6.00. The van der Waals surface area contributed by atoms with Gasteiger partial charge in [-0.1, -0.05) is 12.1 Å². The van der Waals surface area contributed by atoms with Crippen molar-refractivity contribution >= 4 is 6.09 Å². The van der Waals surface area contributed by atoms with Crippen LogP contribution in [0.4, 0.5) is 18.0 Å². The maximum Gasteiger partial charge on any atom is 0.416 e. The highest BCUT2D eigenvalue weighted by molar-refractivity contribution is 5.68. The Morgan fingerprint density at radius 3 is 2.09 bits per heavy atom. The number of hydrogen-bond donors (Lipinski definition) is 2. The van der Waals surface area contributed by atoms with E-state index in [1.165, 1.54) is 19.1 Å². The van der Waals surface area contributed by atoms with E-state index in [-0.39, 0.29) is 5.56 Å². The monoisotopic (exact) mass is 319 g/mol. The molecule has 0 aliphatic carbocycles. The van der Waals surface area contributed by atoms with E-state index >= 15 is 0 Å². The van der Waals surface area contributed by atoms with Gasteiger partial charge in [0.15, 0.2) is 0 Å². The standard InChI is InChI=1S/C15H20F3NO3/c1-9(19-13(21)22-14(2,3)4)12(20)10-5-7-11(8-6-10)15(16,17)18/h5-9,12,20H,1-4H3,(H,19,21)/t9-,12+/m1/s1. The van der Waals surface area contributed by atoms with E-state index in [1.807, 2.05) is 0 Å². The van der Waals surface area contributed by atoms with Crippen molar-refractivity contribution in [2.45, 2.75) is 51.6 Å². The number of aliphatic hydroxyl groups is 1. The molecule has 1 amide bonds. The summed E-state index contributed by atoms with van der Waals surface area (Å²) in [6.45, 7) is 6.63. The summed E-state index contributed by atoms with van der Waals surface area (Å²) in [6.07, 6.45) is -6.27. The zero-order chi connectivity index (χ0) is 17.1. The van der Waals surface area contributed by atoms with E-state index in [0.29, 0.717) is 0 Å². The summed E-state index contributed by atoms with van der Waals surface area (Å²) in [7, 11) is 0. The maximum atomic E-state index is 12.5. The minimum absolute atomic E-state index is 0.275. The molecule has 0 radical (unpaired) electrons. The number of hydrogen-bond acceptors (Lipinski definition) is 3. The Morgan fingerprint density at radius 2 is 1.68 bits per heavy atom. The molecule has 7 heteroatoms. The molecule has 0 saturated heterocycles. The van der Waals surface area contributed by atoms with E-state index < -0.39 is 35.6 Å². The van der Waals surface area contributed by atoms with Crippen molar-refractivity contribution in [1.82, 2.24) is 5.32 Å². The van der Waals surface area contributed by atoms with Gasteiger partial charge in [0.2, 0.25) is 0 Å². The zero-order valence-corrected chi connectivity index (χ0v) is 12.9. The molecule has 0 heterocycles. The molecule has 0 unspecified atom stereocenters. The van der Waals surface area contributed by atoms with E-state index in [0.717, 1.165) is 12.1 Å². The van der Waals surface area contributed by atoms with Gasteiger partial charge < -0.3 is 15.2 Å². The molecule has 124 valence electrons. The van der Waals surface area contributed by atoms with Crippen LogP contribution in [0, 0.1) is 0 Å². The number of alkyl halides is 3. The average Bonchev–Trinajstić information content (AvgIpc) is 2.34. The highest BCUT2D eigenvalue weighted by Crippen LogP contribution is 2.30. The maximum absolute atomic E-state index is 12.5. The number of aliphatic hydroxyl groups excluding tert-OH is 1. The van der Waals surface area contributed by atoms with Crippen molar-refractivity contribution < 1.29 is 27.8 Å². The van der Waals surface area contributed by atoms with Gasteiger partial charge in [-0.3, -0.25) is 0 Å². The summed E-state index contributed by atoms with van der Waals surface area (Å²) in [6, 6.07) is 3.42. The fourth-order valence-electron chi connectivity index (χ4n) is 1.73. The number of halogens is 3. The molecule has 0 fully saturated rings. The highest BCUT2D eigenvalue weighted by atomic mass is 19.4. The number of benzene rings is 1. The summed E-state index contributed by atoms with van der Waals surface area (Å²) < 4.78 is 42.5. The summed E-state index contributed by atoms with van der Waals surface area (Å²) in [5.41, 5.74) is -1.20. The zero-order valence-electron chi connectivity index (χ0n) is 12.9. The van der Waals surface area contributed by atoms with Crippen LogP contribution in [-0.4, -0.2) is 22.8 Å². The molecule has 0 aliphatic heterocycles. The predicted molar refractivity (Wildman–Crippen MR) is 75.2 cm³/mol. The Bertz CT molecular complexity index is 506. The van der Waals surface area contributed by atoms with Crippen LogP contribution in [0.5, 0.6) is 0 Å². The van der Waals surface area contributed by atoms with Gasteiger partial charge in [-0.2, -0.15) is 13.2 Å². The van der Waals surface area contributed by atoms with Crippen LogP contribution in [0.1, 0.15) is 44.9 Å². The molecule has 0 aromatic heterocycles. The molecule has 22 heavy (non-hydrogen) atoms. The number of alkyl carbamates (subject to hydrolysis) is 1. The predicted octanol–water partition coefficient (Wildman–Crippen LogP) is 3.65. The molecule has 4 nitrogen and oxygen atoms in total. The van der Waals surface area contributed by atoms with Crippen molar-refractivity contribution in [3.63, 3.8) is 0 Å². The molecular weight excluding hydrogens is 299 g/mol. The van der Waals surface area contributed by atoms with Crippen LogP contribution in [0.15, 0.2) is 24.3 Å². The average molecular weight is 319 g/mol. The third kappa shape index (κ3) is 5.55. The largest absolute Gasteiger partial charge is 0.444 e. The second-order valence-electron chi connectivity index (χ2n) is 6.00. The molecule has 1 aromatic carbocycles. The first kappa shape index (κ1) is 18.3. The molecule has 2 atom stereocenters. The summed E-state index contributed by atoms with van der Waals surface area (Å²) in [4.78, 5) is 11.6. The number of nitrogens with one attached hydrogen (secondary N) is 1. The van der Waals surface area contributed by atoms with Gasteiger partial charge in [0, 0.05) is 0 Å². The Kier molecular flexibility index (Phi) is 5.45. The van der Waals surface area contributed by atoms with Crippen LogP contribution in [0.25, 0.3) is 0 Å². The van der Waals surface area contributed by atoms with Crippen molar-refractivity contribution in [2.75, 3.05) is 0 Å². The molecule has 0 bridgehead atoms. The van der Waals surface area contributed by atoms with Crippen LogP contribution in [-0.2, 0) is 10.9 Å². The van der Waals surface area contributed by atoms with E-state index in [9.17, 15) is 23.1 Å². The Hall–Kier alpha value is -1.76. The van der Waals surface area contributed by atoms with Gasteiger partial charge in [-0.05, 0) is 45.4 Å². The lowest BCUT2D eigenvalue weighted by Crippen LogP contribution is -2.40. The number of carbonyl (C=O) groups excluding carboxylic acids is 1. The molecule has 0 saturated carbocycles. The molecule has 0 spiro atoms. The van der Waals surface area contributed by atoms with Crippen molar-refractivity contribution in [1.29, 1.82) is 0 Å². The molecule has 2 N–H and O–H groups in total. The lowest BCUT2D eigenvalue weighted by molar-refractivity contribution is -0.137. The summed E-state index contributed by atoms with van der Waals surface area (Å²) in [5, 5.41) is 12.5. The van der Waals surface area contributed by atoms with E-state index in [2.05, 4.69) is 5.32 Å². The SMILES string of the molecule is C[C@@H](NC(=O)OC(C)(C)C)[C@H](O)c1ccc(C(F)(F)F)cc1. The van der Waals surface area contributed by atoms with Crippen molar-refractivity contribution in [3.05, 3.63) is 35.4 Å². The number of ether oxygens (including phenoxy) is 1. The first-order valence-corrected chi connectivity index (χ1v) is 6.75. The Morgan fingerprint density at radius 1 is 1.18 bits per heavy atom. The Labute approximate surface area is 127 Å². The summed E-state index contributed by atoms with van der Waals surface area (Å²) >= 11 is 0. The highest BCUT2D eigenvalue weighted by Gasteiger charge is 2.30. The van der Waals surface area contributed by atoms with Gasteiger partial charge in [0.1, 0.15) is 5.60 Å². The van der Waals surface area contributed by atoms with Gasteiger partial charge >= 0.3 is 12.3 Å². The van der Waals surface area contributed by atoms with Crippen LogP contribution in [0.2, 0.25) is 0 Å². The topological polar surface area (TPSA) is 58.6 Å². The fraction of sp³-hybridized carbons (Fsp3) is 0.533. The Balaban J connectivity index is 2.71. The molecule has 0 aliphatic rings. The lowest BCUT2D eigenvalue weighted by Gasteiger charge is -2.24. The van der Waals surface area contributed by atoms with Gasteiger partial charge in [0.25, 0.3) is 0 Å². The number of rotatable bonds is 3.